The van der Waals surface area contributed by atoms with Crippen LogP contribution in [0.25, 0.3) is 16.8 Å². The Hall–Kier alpha value is -4.46. The number of thiazole rings is 1. The number of ether oxygens (including phenoxy) is 2. The van der Waals surface area contributed by atoms with Crippen LogP contribution in [0, 0.1) is 6.92 Å². The number of nitrogens with zero attached hydrogens (tertiary/aromatic N) is 2. The third kappa shape index (κ3) is 5.66. The fourth-order valence-corrected chi connectivity index (χ4v) is 6.57. The molecule has 0 saturated carbocycles. The van der Waals surface area contributed by atoms with Crippen molar-refractivity contribution >= 4 is 45.8 Å². The van der Waals surface area contributed by atoms with E-state index in [2.05, 4.69) is 0 Å². The molecule has 216 valence electrons. The van der Waals surface area contributed by atoms with E-state index in [-0.39, 0.29) is 12.2 Å². The summed E-state index contributed by atoms with van der Waals surface area (Å²) in [4.78, 5) is 32.6. The van der Waals surface area contributed by atoms with Crippen molar-refractivity contribution in [3.8, 4) is 5.75 Å². The minimum atomic E-state index is -0.663. The van der Waals surface area contributed by atoms with Gasteiger partial charge in [0.25, 0.3) is 5.56 Å². The third-order valence-corrected chi connectivity index (χ3v) is 8.62. The van der Waals surface area contributed by atoms with Crippen LogP contribution >= 0.6 is 22.9 Å². The van der Waals surface area contributed by atoms with Gasteiger partial charge in [0.05, 0.1) is 28.5 Å². The Labute approximate surface area is 257 Å². The Morgan fingerprint density at radius 1 is 1.02 bits per heavy atom. The fourth-order valence-electron chi connectivity index (χ4n) is 5.32. The molecule has 2 heterocycles. The molecule has 1 aliphatic rings. The van der Waals surface area contributed by atoms with E-state index < -0.39 is 12.0 Å². The second-order valence-corrected chi connectivity index (χ2v) is 11.8. The van der Waals surface area contributed by atoms with Gasteiger partial charge in [-0.25, -0.2) is 9.79 Å². The number of aryl methyl sites for hydroxylation is 1. The molecule has 43 heavy (non-hydrogen) atoms. The van der Waals surface area contributed by atoms with Gasteiger partial charge >= 0.3 is 5.97 Å². The Morgan fingerprint density at radius 3 is 2.58 bits per heavy atom. The van der Waals surface area contributed by atoms with Gasteiger partial charge in [0.15, 0.2) is 4.80 Å². The first kappa shape index (κ1) is 28.6. The maximum absolute atomic E-state index is 14.2. The summed E-state index contributed by atoms with van der Waals surface area (Å²) in [6, 6.07) is 26.6. The van der Waals surface area contributed by atoms with Crippen molar-refractivity contribution in [2.45, 2.75) is 33.4 Å². The Kier molecular flexibility index (Phi) is 8.02. The zero-order valence-electron chi connectivity index (χ0n) is 24.0. The van der Waals surface area contributed by atoms with Crippen LogP contribution in [0.4, 0.5) is 0 Å². The molecule has 1 aromatic heterocycles. The summed E-state index contributed by atoms with van der Waals surface area (Å²) >= 11 is 7.48. The first-order chi connectivity index (χ1) is 20.8. The number of rotatable bonds is 7. The maximum Gasteiger partial charge on any atom is 0.338 e. The van der Waals surface area contributed by atoms with Crippen molar-refractivity contribution in [2.75, 3.05) is 6.61 Å². The van der Waals surface area contributed by atoms with E-state index in [1.807, 2.05) is 97.9 Å². The standard InChI is InChI=1S/C35H29ClN2O4S/c1-4-41-34(40)31-22(3)37-35-38(32(31)25-14-12-21(2)13-15-25)33(39)30(43-35)19-28-27-11-6-5-9-24(27)16-17-29(28)42-20-23-8-7-10-26(36)18-23/h5-19,32H,4,20H2,1-3H3/b30-19-/t32-/m1/s1. The molecule has 0 unspecified atom stereocenters. The van der Waals surface area contributed by atoms with Crippen LogP contribution < -0.4 is 19.6 Å². The molecule has 8 heteroatoms. The van der Waals surface area contributed by atoms with Gasteiger partial charge in [-0.15, -0.1) is 0 Å². The highest BCUT2D eigenvalue weighted by atomic mass is 35.5. The minimum absolute atomic E-state index is 0.222. The third-order valence-electron chi connectivity index (χ3n) is 7.40. The summed E-state index contributed by atoms with van der Waals surface area (Å²) in [5.74, 6) is 0.164. The molecule has 6 rings (SSSR count). The molecular formula is C35H29ClN2O4S. The lowest BCUT2D eigenvalue weighted by atomic mass is 9.95. The highest BCUT2D eigenvalue weighted by Gasteiger charge is 2.33. The molecule has 6 nitrogen and oxygen atoms in total. The average molecular weight is 609 g/mol. The monoisotopic (exact) mass is 608 g/mol. The number of carbonyl (C=O) groups is 1. The summed E-state index contributed by atoms with van der Waals surface area (Å²) in [6.45, 7) is 6.09. The molecule has 0 aliphatic carbocycles. The van der Waals surface area contributed by atoms with E-state index in [0.29, 0.717) is 38.0 Å². The predicted octanol–water partition coefficient (Wildman–Crippen LogP) is 6.49. The van der Waals surface area contributed by atoms with Gasteiger partial charge in [-0.05, 0) is 66.9 Å². The lowest BCUT2D eigenvalue weighted by molar-refractivity contribution is -0.139. The van der Waals surface area contributed by atoms with Gasteiger partial charge in [-0.1, -0.05) is 95.2 Å². The summed E-state index contributed by atoms with van der Waals surface area (Å²) in [7, 11) is 0. The number of esters is 1. The number of halogens is 1. The Balaban J connectivity index is 1.52. The minimum Gasteiger partial charge on any atom is -0.488 e. The van der Waals surface area contributed by atoms with Crippen LogP contribution in [0.5, 0.6) is 5.75 Å². The van der Waals surface area contributed by atoms with E-state index in [1.165, 1.54) is 11.3 Å². The normalized spacial score (nSPS) is 14.9. The summed E-state index contributed by atoms with van der Waals surface area (Å²) < 4.78 is 13.8. The number of fused-ring (bicyclic) bond motifs is 2. The van der Waals surface area contributed by atoms with Crippen LogP contribution in [0.3, 0.4) is 0 Å². The molecule has 1 atom stereocenters. The molecule has 0 saturated heterocycles. The summed E-state index contributed by atoms with van der Waals surface area (Å²) in [5, 5.41) is 2.62. The number of hydrogen-bond donors (Lipinski definition) is 0. The molecule has 5 aromatic rings. The lowest BCUT2D eigenvalue weighted by Gasteiger charge is -2.24. The number of carbonyl (C=O) groups excluding carboxylic acids is 1. The number of aromatic nitrogens is 1. The Morgan fingerprint density at radius 2 is 1.81 bits per heavy atom. The smallest absolute Gasteiger partial charge is 0.338 e. The number of hydrogen-bond acceptors (Lipinski definition) is 6. The lowest BCUT2D eigenvalue weighted by Crippen LogP contribution is -2.39. The van der Waals surface area contributed by atoms with E-state index >= 15 is 0 Å². The van der Waals surface area contributed by atoms with Crippen LogP contribution in [0.15, 0.2) is 106 Å². The zero-order chi connectivity index (χ0) is 30.1. The molecule has 0 bridgehead atoms. The van der Waals surface area contributed by atoms with Crippen LogP contribution in [0.2, 0.25) is 5.02 Å². The number of allylic oxidation sites excluding steroid dienone is 1. The summed E-state index contributed by atoms with van der Waals surface area (Å²) in [5.41, 5.74) is 4.28. The molecule has 0 N–H and O–H groups in total. The van der Waals surface area contributed by atoms with Crippen molar-refractivity contribution < 1.29 is 14.3 Å². The topological polar surface area (TPSA) is 69.9 Å². The van der Waals surface area contributed by atoms with Crippen molar-refractivity contribution in [1.29, 1.82) is 0 Å². The highest BCUT2D eigenvalue weighted by Crippen LogP contribution is 2.32. The maximum atomic E-state index is 14.2. The van der Waals surface area contributed by atoms with Crippen molar-refractivity contribution in [3.05, 3.63) is 143 Å². The van der Waals surface area contributed by atoms with Crippen molar-refractivity contribution in [2.24, 2.45) is 4.99 Å². The van der Waals surface area contributed by atoms with Gasteiger partial charge in [-0.2, -0.15) is 0 Å². The first-order valence-electron chi connectivity index (χ1n) is 14.0. The molecular weight excluding hydrogens is 580 g/mol. The van der Waals surface area contributed by atoms with Gasteiger partial charge in [0.1, 0.15) is 12.4 Å². The van der Waals surface area contributed by atoms with Gasteiger partial charge in [0, 0.05) is 10.6 Å². The highest BCUT2D eigenvalue weighted by molar-refractivity contribution is 7.07. The van der Waals surface area contributed by atoms with Crippen LogP contribution in [-0.4, -0.2) is 17.1 Å². The molecule has 0 fully saturated rings. The van der Waals surface area contributed by atoms with E-state index in [4.69, 9.17) is 26.1 Å². The molecule has 1 aliphatic heterocycles. The Bertz CT molecular complexity index is 2080. The van der Waals surface area contributed by atoms with E-state index in [1.54, 1.807) is 18.4 Å². The summed E-state index contributed by atoms with van der Waals surface area (Å²) in [6.07, 6.45) is 1.87. The van der Waals surface area contributed by atoms with E-state index in [0.717, 1.165) is 33.0 Å². The van der Waals surface area contributed by atoms with Crippen LogP contribution in [-0.2, 0) is 16.1 Å². The number of benzene rings is 4. The first-order valence-corrected chi connectivity index (χ1v) is 15.2. The molecule has 0 radical (unpaired) electrons. The predicted molar refractivity (Wildman–Crippen MR) is 171 cm³/mol. The van der Waals surface area contributed by atoms with Crippen LogP contribution in [0.1, 0.15) is 42.1 Å². The largest absolute Gasteiger partial charge is 0.488 e. The van der Waals surface area contributed by atoms with Gasteiger partial charge in [-0.3, -0.25) is 9.36 Å². The van der Waals surface area contributed by atoms with E-state index in [9.17, 15) is 9.59 Å². The quantitative estimate of drug-likeness (QED) is 0.198. The van der Waals surface area contributed by atoms with Crippen molar-refractivity contribution in [3.63, 3.8) is 0 Å². The zero-order valence-corrected chi connectivity index (χ0v) is 25.5. The van der Waals surface area contributed by atoms with Crippen molar-refractivity contribution in [1.82, 2.24) is 4.57 Å². The average Bonchev–Trinajstić information content (AvgIpc) is 3.30. The molecule has 0 amide bonds. The molecule has 0 spiro atoms. The second kappa shape index (κ2) is 12.0. The second-order valence-electron chi connectivity index (χ2n) is 10.3. The fraction of sp³-hybridized carbons (Fsp3) is 0.171. The van der Waals surface area contributed by atoms with Gasteiger partial charge < -0.3 is 9.47 Å². The SMILES string of the molecule is CCOC(=O)C1=C(C)N=c2s/c(=C\c3c(OCc4cccc(Cl)c4)ccc4ccccc34)c(=O)n2[C@@H]1c1ccc(C)cc1. The molecule has 4 aromatic carbocycles. The van der Waals surface area contributed by atoms with Gasteiger partial charge in [0.2, 0.25) is 0 Å².